The Bertz CT molecular complexity index is 1380. The molecule has 3 aromatic rings. The summed E-state index contributed by atoms with van der Waals surface area (Å²) in [4.78, 5) is 31.7. The van der Waals surface area contributed by atoms with Gasteiger partial charge in [0.2, 0.25) is 5.72 Å². The molecule has 2 aliphatic heterocycles. The van der Waals surface area contributed by atoms with Gasteiger partial charge in [-0.25, -0.2) is 4.99 Å². The highest BCUT2D eigenvalue weighted by Crippen LogP contribution is 2.47. The third kappa shape index (κ3) is 3.11. The van der Waals surface area contributed by atoms with E-state index in [1.54, 1.807) is 30.6 Å². The quantitative estimate of drug-likeness (QED) is 0.570. The first kappa shape index (κ1) is 20.0. The third-order valence-corrected chi connectivity index (χ3v) is 6.94. The number of nitrogens with zero attached hydrogens (tertiary/aromatic N) is 2. The predicted molar refractivity (Wildman–Crippen MR) is 118 cm³/mol. The maximum Gasteiger partial charge on any atom is 0.317 e. The van der Waals surface area contributed by atoms with Gasteiger partial charge in [-0.15, -0.1) is 0 Å². The van der Waals surface area contributed by atoms with E-state index in [0.29, 0.717) is 20.1 Å². The van der Waals surface area contributed by atoms with Gasteiger partial charge in [0, 0.05) is 10.6 Å². The Morgan fingerprint density at radius 3 is 2.81 bits per heavy atom. The number of ether oxygens (including phenoxy) is 2. The van der Waals surface area contributed by atoms with Crippen LogP contribution >= 0.6 is 22.9 Å². The Morgan fingerprint density at radius 2 is 2.03 bits per heavy atom. The van der Waals surface area contributed by atoms with Crippen molar-refractivity contribution in [2.24, 2.45) is 10.9 Å². The number of carbonyl (C=O) groups is 1. The minimum Gasteiger partial charge on any atom is -0.466 e. The highest BCUT2D eigenvalue weighted by atomic mass is 35.5. The Kier molecular flexibility index (Phi) is 4.75. The summed E-state index contributed by atoms with van der Waals surface area (Å²) in [6.07, 6.45) is 1.76. The van der Waals surface area contributed by atoms with Crippen molar-refractivity contribution in [2.75, 3.05) is 6.61 Å². The smallest absolute Gasteiger partial charge is 0.317 e. The maximum atomic E-state index is 13.5. The molecule has 2 aromatic carbocycles. The summed E-state index contributed by atoms with van der Waals surface area (Å²) < 4.78 is 13.6. The van der Waals surface area contributed by atoms with Crippen LogP contribution in [0.3, 0.4) is 0 Å². The number of hydrogen-bond acceptors (Lipinski definition) is 6. The van der Waals surface area contributed by atoms with Crippen LogP contribution in [0.15, 0.2) is 58.3 Å². The fraction of sp³-hybridized carbons (Fsp3) is 0.261. The Morgan fingerprint density at radius 1 is 1.29 bits per heavy atom. The van der Waals surface area contributed by atoms with E-state index in [9.17, 15) is 9.59 Å². The standard InChI is InChI=1S/C23H19ClN2O4S/c1-3-29-21(28)18-19-14-9-5-7-11-16(14)30-23(18,2)25-22-26(19)20(27)17(31-22)12-13-8-4-6-10-15(13)24/h4-12,18-19H,3H2,1-2H3/b17-12+/t18-,19+,23-/m0/s1. The molecule has 8 heteroatoms. The Labute approximate surface area is 187 Å². The molecule has 0 amide bonds. The zero-order valence-corrected chi connectivity index (χ0v) is 18.4. The van der Waals surface area contributed by atoms with Crippen molar-refractivity contribution < 1.29 is 14.3 Å². The van der Waals surface area contributed by atoms with Crippen LogP contribution in [0.1, 0.15) is 31.0 Å². The second-order valence-corrected chi connectivity index (χ2v) is 8.99. The van der Waals surface area contributed by atoms with Gasteiger partial charge in [-0.3, -0.25) is 14.2 Å². The van der Waals surface area contributed by atoms with Gasteiger partial charge in [-0.2, -0.15) is 0 Å². The molecule has 0 unspecified atom stereocenters. The monoisotopic (exact) mass is 454 g/mol. The Balaban J connectivity index is 1.79. The van der Waals surface area contributed by atoms with Gasteiger partial charge >= 0.3 is 5.97 Å². The molecule has 2 bridgehead atoms. The van der Waals surface area contributed by atoms with Crippen molar-refractivity contribution >= 4 is 35.0 Å². The number of aromatic nitrogens is 1. The van der Waals surface area contributed by atoms with Gasteiger partial charge < -0.3 is 9.47 Å². The fourth-order valence-corrected chi connectivity index (χ4v) is 5.55. The highest BCUT2D eigenvalue weighted by Gasteiger charge is 2.55. The van der Waals surface area contributed by atoms with Gasteiger partial charge in [-0.1, -0.05) is 59.3 Å². The largest absolute Gasteiger partial charge is 0.466 e. The molecule has 0 radical (unpaired) electrons. The van der Waals surface area contributed by atoms with E-state index in [0.717, 1.165) is 11.1 Å². The first-order chi connectivity index (χ1) is 14.9. The average Bonchev–Trinajstić information content (AvgIpc) is 3.03. The molecule has 0 N–H and O–H groups in total. The van der Waals surface area contributed by atoms with Gasteiger partial charge in [0.15, 0.2) is 4.80 Å². The Hall–Kier alpha value is -2.90. The molecule has 3 heterocycles. The van der Waals surface area contributed by atoms with Crippen LogP contribution < -0.4 is 19.6 Å². The summed E-state index contributed by atoms with van der Waals surface area (Å²) in [5, 5.41) is 0.555. The summed E-state index contributed by atoms with van der Waals surface area (Å²) in [6, 6.07) is 14.2. The molecule has 31 heavy (non-hydrogen) atoms. The molecule has 0 saturated carbocycles. The number of hydrogen-bond donors (Lipinski definition) is 0. The SMILES string of the molecule is CCOC(=O)[C@@H]1[C@H]2c3ccccc3O[C@]1(C)N=c1s/c(=C/c3ccccc3Cl)c(=O)n12. The molecule has 5 rings (SSSR count). The molecule has 2 aliphatic rings. The van der Waals surface area contributed by atoms with Crippen molar-refractivity contribution in [3.63, 3.8) is 0 Å². The number of halogens is 1. The molecule has 1 aromatic heterocycles. The van der Waals surface area contributed by atoms with E-state index in [4.69, 9.17) is 26.1 Å². The lowest BCUT2D eigenvalue weighted by Gasteiger charge is -2.44. The summed E-state index contributed by atoms with van der Waals surface area (Å²) in [6.45, 7) is 3.75. The molecule has 0 fully saturated rings. The molecular formula is C23H19ClN2O4S. The third-order valence-electron chi connectivity index (χ3n) is 5.61. The van der Waals surface area contributed by atoms with Crippen molar-refractivity contribution in [3.05, 3.63) is 84.4 Å². The highest BCUT2D eigenvalue weighted by molar-refractivity contribution is 7.07. The van der Waals surface area contributed by atoms with Crippen LogP contribution in [0.4, 0.5) is 0 Å². The van der Waals surface area contributed by atoms with E-state index < -0.39 is 23.7 Å². The zero-order valence-electron chi connectivity index (χ0n) is 16.9. The molecule has 3 atom stereocenters. The lowest BCUT2D eigenvalue weighted by atomic mass is 9.81. The first-order valence-electron chi connectivity index (χ1n) is 9.95. The fourth-order valence-electron chi connectivity index (χ4n) is 4.27. The summed E-state index contributed by atoms with van der Waals surface area (Å²) in [5.74, 6) is -0.608. The van der Waals surface area contributed by atoms with Gasteiger partial charge in [0.25, 0.3) is 5.56 Å². The molecule has 0 spiro atoms. The lowest BCUT2D eigenvalue weighted by molar-refractivity contribution is -0.160. The summed E-state index contributed by atoms with van der Waals surface area (Å²) >= 11 is 7.55. The molecule has 158 valence electrons. The van der Waals surface area contributed by atoms with Crippen LogP contribution in [0, 0.1) is 5.92 Å². The molecule has 0 aliphatic carbocycles. The van der Waals surface area contributed by atoms with Crippen LogP contribution in [0.5, 0.6) is 5.75 Å². The number of thiazole rings is 1. The normalized spacial score (nSPS) is 23.9. The molecule has 0 saturated heterocycles. The minimum atomic E-state index is -1.18. The zero-order chi connectivity index (χ0) is 21.8. The van der Waals surface area contributed by atoms with Crippen molar-refractivity contribution in [1.82, 2.24) is 4.57 Å². The predicted octanol–water partition coefficient (Wildman–Crippen LogP) is 2.90. The van der Waals surface area contributed by atoms with E-state index in [1.165, 1.54) is 11.3 Å². The van der Waals surface area contributed by atoms with Crippen molar-refractivity contribution in [2.45, 2.75) is 25.6 Å². The first-order valence-corrected chi connectivity index (χ1v) is 11.1. The number of fused-ring (bicyclic) bond motifs is 6. The second kappa shape index (κ2) is 7.35. The lowest BCUT2D eigenvalue weighted by Crippen LogP contribution is -2.58. The number of para-hydroxylation sites is 1. The van der Waals surface area contributed by atoms with Gasteiger partial charge in [-0.05, 0) is 37.6 Å². The second-order valence-electron chi connectivity index (χ2n) is 7.57. The van der Waals surface area contributed by atoms with E-state index in [2.05, 4.69) is 0 Å². The van der Waals surface area contributed by atoms with Crippen LogP contribution in [0.2, 0.25) is 5.02 Å². The number of carbonyl (C=O) groups excluding carboxylic acids is 1. The molecular weight excluding hydrogens is 436 g/mol. The molecule has 6 nitrogen and oxygen atoms in total. The number of rotatable bonds is 3. The van der Waals surface area contributed by atoms with E-state index in [1.807, 2.05) is 42.5 Å². The van der Waals surface area contributed by atoms with Crippen LogP contribution in [-0.4, -0.2) is 22.9 Å². The summed E-state index contributed by atoms with van der Waals surface area (Å²) in [5.41, 5.74) is 0.109. The van der Waals surface area contributed by atoms with E-state index >= 15 is 0 Å². The van der Waals surface area contributed by atoms with E-state index in [-0.39, 0.29) is 12.2 Å². The average molecular weight is 455 g/mol. The maximum absolute atomic E-state index is 13.5. The number of esters is 1. The van der Waals surface area contributed by atoms with Gasteiger partial charge in [0.05, 0.1) is 17.2 Å². The topological polar surface area (TPSA) is 69.9 Å². The van der Waals surface area contributed by atoms with Gasteiger partial charge in [0.1, 0.15) is 11.7 Å². The van der Waals surface area contributed by atoms with Crippen LogP contribution in [0.25, 0.3) is 6.08 Å². The van der Waals surface area contributed by atoms with Crippen LogP contribution in [-0.2, 0) is 9.53 Å². The van der Waals surface area contributed by atoms with Crippen molar-refractivity contribution in [1.29, 1.82) is 0 Å². The number of benzene rings is 2. The van der Waals surface area contributed by atoms with Crippen molar-refractivity contribution in [3.8, 4) is 5.75 Å². The minimum absolute atomic E-state index is 0.221. The summed E-state index contributed by atoms with van der Waals surface area (Å²) in [7, 11) is 0.